The number of hydrogen-bond acceptors (Lipinski definition) is 7. The van der Waals surface area contributed by atoms with Crippen LogP contribution in [0.1, 0.15) is 34.1 Å². The Morgan fingerprint density at radius 1 is 1.26 bits per heavy atom. The minimum atomic E-state index is -1.25. The second-order valence-corrected chi connectivity index (χ2v) is 6.75. The molecular formula is C16H26O7. The predicted molar refractivity (Wildman–Crippen MR) is 80.5 cm³/mol. The van der Waals surface area contributed by atoms with Gasteiger partial charge in [0.15, 0.2) is 30.3 Å². The van der Waals surface area contributed by atoms with Gasteiger partial charge < -0.3 is 33.2 Å². The lowest BCUT2D eigenvalue weighted by atomic mass is 9.90. The summed E-state index contributed by atoms with van der Waals surface area (Å²) in [6, 6.07) is 0. The van der Waals surface area contributed by atoms with Crippen molar-refractivity contribution >= 4 is 6.29 Å². The highest BCUT2D eigenvalue weighted by molar-refractivity contribution is 5.65. The van der Waals surface area contributed by atoms with Crippen LogP contribution < -0.4 is 0 Å². The SMILES string of the molecule is C=C(CC1(C=O)OC(C)(C)OC1[C@H]1COC(C)(C)O1)OCOC. The van der Waals surface area contributed by atoms with Crippen LogP contribution in [0.5, 0.6) is 0 Å². The van der Waals surface area contributed by atoms with Crippen molar-refractivity contribution in [2.75, 3.05) is 20.5 Å². The molecule has 7 heteroatoms. The van der Waals surface area contributed by atoms with Crippen LogP contribution in [0.4, 0.5) is 0 Å². The van der Waals surface area contributed by atoms with Gasteiger partial charge in [0.05, 0.1) is 12.4 Å². The third-order valence-corrected chi connectivity index (χ3v) is 3.75. The summed E-state index contributed by atoms with van der Waals surface area (Å²) in [5.74, 6) is -1.27. The maximum atomic E-state index is 11.9. The quantitative estimate of drug-likeness (QED) is 0.400. The lowest BCUT2D eigenvalue weighted by molar-refractivity contribution is -0.176. The van der Waals surface area contributed by atoms with Crippen molar-refractivity contribution < 1.29 is 33.2 Å². The van der Waals surface area contributed by atoms with Crippen molar-refractivity contribution in [2.45, 2.75) is 63.5 Å². The Kier molecular flexibility index (Phi) is 5.18. The Bertz CT molecular complexity index is 459. The van der Waals surface area contributed by atoms with E-state index in [1.54, 1.807) is 13.8 Å². The molecule has 2 saturated heterocycles. The third-order valence-electron chi connectivity index (χ3n) is 3.75. The van der Waals surface area contributed by atoms with Crippen LogP contribution in [-0.4, -0.2) is 56.2 Å². The normalized spacial score (nSPS) is 35.2. The summed E-state index contributed by atoms with van der Waals surface area (Å²) in [6.45, 7) is 11.3. The van der Waals surface area contributed by atoms with Crippen LogP contribution in [0.15, 0.2) is 12.3 Å². The molecule has 0 aromatic carbocycles. The van der Waals surface area contributed by atoms with E-state index in [0.29, 0.717) is 12.4 Å². The van der Waals surface area contributed by atoms with Gasteiger partial charge in [0.2, 0.25) is 0 Å². The minimum Gasteiger partial charge on any atom is -0.472 e. The molecule has 0 amide bonds. The Balaban J connectivity index is 2.19. The Hall–Kier alpha value is -0.990. The van der Waals surface area contributed by atoms with Gasteiger partial charge in [-0.05, 0) is 27.7 Å². The fourth-order valence-electron chi connectivity index (χ4n) is 2.97. The lowest BCUT2D eigenvalue weighted by Crippen LogP contribution is -2.49. The fourth-order valence-corrected chi connectivity index (χ4v) is 2.97. The smallest absolute Gasteiger partial charge is 0.188 e. The van der Waals surface area contributed by atoms with Crippen LogP contribution in [0.3, 0.4) is 0 Å². The first-order chi connectivity index (χ1) is 10.6. The number of ether oxygens (including phenoxy) is 6. The van der Waals surface area contributed by atoms with Crippen molar-refractivity contribution in [3.63, 3.8) is 0 Å². The highest BCUT2D eigenvalue weighted by atomic mass is 16.8. The van der Waals surface area contributed by atoms with Gasteiger partial charge in [-0.3, -0.25) is 0 Å². The zero-order chi connectivity index (χ0) is 17.3. The standard InChI is InChI=1S/C16H26O7/c1-11(19-10-18-6)7-16(9-17)13(22-15(4,5)23-16)12-8-20-14(2,3)21-12/h9,12-13H,1,7-8,10H2,2-6H3/t12-,13?,16?/m1/s1. The van der Waals surface area contributed by atoms with Crippen molar-refractivity contribution in [1.82, 2.24) is 0 Å². The molecule has 2 unspecified atom stereocenters. The Labute approximate surface area is 136 Å². The fraction of sp³-hybridized carbons (Fsp3) is 0.812. The molecule has 2 fully saturated rings. The zero-order valence-corrected chi connectivity index (χ0v) is 14.4. The first-order valence-electron chi connectivity index (χ1n) is 7.59. The molecule has 2 heterocycles. The first-order valence-corrected chi connectivity index (χ1v) is 7.59. The van der Waals surface area contributed by atoms with Gasteiger partial charge in [0.25, 0.3) is 0 Å². The molecule has 0 aromatic heterocycles. The lowest BCUT2D eigenvalue weighted by Gasteiger charge is -2.30. The Morgan fingerprint density at radius 2 is 1.96 bits per heavy atom. The number of rotatable bonds is 7. The van der Waals surface area contributed by atoms with Gasteiger partial charge in [-0.1, -0.05) is 6.58 Å². The molecule has 0 saturated carbocycles. The van der Waals surface area contributed by atoms with Crippen LogP contribution in [0.2, 0.25) is 0 Å². The summed E-state index contributed by atoms with van der Waals surface area (Å²) in [5, 5.41) is 0. The number of carbonyl (C=O) groups is 1. The van der Waals surface area contributed by atoms with Crippen LogP contribution in [0.25, 0.3) is 0 Å². The molecule has 0 bridgehead atoms. The molecule has 7 nitrogen and oxygen atoms in total. The van der Waals surface area contributed by atoms with Crippen molar-refractivity contribution in [3.8, 4) is 0 Å². The van der Waals surface area contributed by atoms with Crippen molar-refractivity contribution in [1.29, 1.82) is 0 Å². The summed E-state index contributed by atoms with van der Waals surface area (Å²) >= 11 is 0. The number of hydrogen-bond donors (Lipinski definition) is 0. The number of methoxy groups -OCH3 is 1. The average molecular weight is 330 g/mol. The highest BCUT2D eigenvalue weighted by Gasteiger charge is 2.59. The topological polar surface area (TPSA) is 72.5 Å². The molecule has 2 aliphatic heterocycles. The predicted octanol–water partition coefficient (Wildman–Crippen LogP) is 1.75. The molecule has 0 aliphatic carbocycles. The van der Waals surface area contributed by atoms with Gasteiger partial charge in [-0.25, -0.2) is 0 Å². The molecule has 0 spiro atoms. The molecule has 2 rings (SSSR count). The summed E-state index contributed by atoms with van der Waals surface area (Å²) in [7, 11) is 1.51. The number of carbonyl (C=O) groups excluding carboxylic acids is 1. The largest absolute Gasteiger partial charge is 0.472 e. The summed E-state index contributed by atoms with van der Waals surface area (Å²) in [4.78, 5) is 11.9. The second kappa shape index (κ2) is 6.49. The molecule has 3 atom stereocenters. The van der Waals surface area contributed by atoms with Gasteiger partial charge in [0.1, 0.15) is 12.2 Å². The summed E-state index contributed by atoms with van der Waals surface area (Å²) in [6.07, 6.45) is -0.164. The van der Waals surface area contributed by atoms with E-state index in [1.807, 2.05) is 13.8 Å². The maximum Gasteiger partial charge on any atom is 0.188 e. The van der Waals surface area contributed by atoms with Crippen molar-refractivity contribution in [2.24, 2.45) is 0 Å². The Morgan fingerprint density at radius 3 is 2.48 bits per heavy atom. The molecule has 0 radical (unpaired) electrons. The summed E-state index contributed by atoms with van der Waals surface area (Å²) in [5.41, 5.74) is -1.25. The monoisotopic (exact) mass is 330 g/mol. The van der Waals surface area contributed by atoms with E-state index in [2.05, 4.69) is 6.58 Å². The van der Waals surface area contributed by atoms with E-state index < -0.39 is 29.4 Å². The first kappa shape index (κ1) is 18.4. The maximum absolute atomic E-state index is 11.9. The van der Waals surface area contributed by atoms with Crippen LogP contribution >= 0.6 is 0 Å². The molecule has 23 heavy (non-hydrogen) atoms. The zero-order valence-electron chi connectivity index (χ0n) is 14.4. The van der Waals surface area contributed by atoms with Crippen LogP contribution in [-0.2, 0) is 33.2 Å². The van der Waals surface area contributed by atoms with Gasteiger partial charge >= 0.3 is 0 Å². The van der Waals surface area contributed by atoms with Gasteiger partial charge in [-0.2, -0.15) is 0 Å². The summed E-state index contributed by atoms with van der Waals surface area (Å²) < 4.78 is 33.5. The molecular weight excluding hydrogens is 304 g/mol. The average Bonchev–Trinajstić information content (AvgIpc) is 2.93. The molecule has 0 aromatic rings. The van der Waals surface area contributed by atoms with E-state index in [4.69, 9.17) is 28.4 Å². The van der Waals surface area contributed by atoms with Crippen LogP contribution in [0, 0.1) is 0 Å². The van der Waals surface area contributed by atoms with Gasteiger partial charge in [-0.15, -0.1) is 0 Å². The van der Waals surface area contributed by atoms with E-state index in [-0.39, 0.29) is 13.2 Å². The minimum absolute atomic E-state index is 0.0543. The van der Waals surface area contributed by atoms with E-state index in [9.17, 15) is 4.79 Å². The number of aldehydes is 1. The van der Waals surface area contributed by atoms with E-state index >= 15 is 0 Å². The molecule has 0 N–H and O–H groups in total. The van der Waals surface area contributed by atoms with E-state index in [0.717, 1.165) is 6.29 Å². The molecule has 2 aliphatic rings. The molecule has 132 valence electrons. The van der Waals surface area contributed by atoms with Gasteiger partial charge in [0, 0.05) is 13.5 Å². The van der Waals surface area contributed by atoms with E-state index in [1.165, 1.54) is 7.11 Å². The second-order valence-electron chi connectivity index (χ2n) is 6.75. The highest BCUT2D eigenvalue weighted by Crippen LogP contribution is 2.43. The third kappa shape index (κ3) is 4.10. The van der Waals surface area contributed by atoms with Crippen molar-refractivity contribution in [3.05, 3.63) is 12.3 Å².